The molecule has 0 aliphatic heterocycles. The largest absolute Gasteiger partial charge is 0.329 e. The van der Waals surface area contributed by atoms with E-state index in [1.807, 2.05) is 13.8 Å². The smallest absolute Gasteiger partial charge is 0.231 e. The SMILES string of the molecule is CCC(CC)(CN)C(=O)Nc1ccc(NC(=O)C2CC2)nc1. The number of nitrogens with zero attached hydrogens (tertiary/aromatic N) is 1. The molecule has 0 saturated heterocycles. The summed E-state index contributed by atoms with van der Waals surface area (Å²) in [4.78, 5) is 28.2. The normalized spacial score (nSPS) is 14.5. The van der Waals surface area contributed by atoms with E-state index in [1.165, 1.54) is 0 Å². The summed E-state index contributed by atoms with van der Waals surface area (Å²) in [5, 5.41) is 5.62. The lowest BCUT2D eigenvalue weighted by Crippen LogP contribution is -2.41. The van der Waals surface area contributed by atoms with Gasteiger partial charge in [0.2, 0.25) is 11.8 Å². The zero-order valence-corrected chi connectivity index (χ0v) is 13.2. The van der Waals surface area contributed by atoms with Gasteiger partial charge >= 0.3 is 0 Å². The maximum atomic E-state index is 12.4. The Bertz CT molecular complexity index is 525. The molecular formula is C16H24N4O2. The zero-order chi connectivity index (χ0) is 16.2. The molecule has 6 heteroatoms. The van der Waals surface area contributed by atoms with Crippen molar-refractivity contribution in [2.45, 2.75) is 39.5 Å². The van der Waals surface area contributed by atoms with Crippen LogP contribution in [0.5, 0.6) is 0 Å². The highest BCUT2D eigenvalue weighted by Gasteiger charge is 2.33. The van der Waals surface area contributed by atoms with Gasteiger partial charge in [-0.25, -0.2) is 4.98 Å². The van der Waals surface area contributed by atoms with Gasteiger partial charge in [0.15, 0.2) is 0 Å². The van der Waals surface area contributed by atoms with Crippen LogP contribution in [-0.4, -0.2) is 23.3 Å². The Kier molecular flexibility index (Phi) is 5.13. The van der Waals surface area contributed by atoms with Crippen molar-refractivity contribution in [3.05, 3.63) is 18.3 Å². The minimum Gasteiger partial charge on any atom is -0.329 e. The average molecular weight is 304 g/mol. The molecule has 1 saturated carbocycles. The van der Waals surface area contributed by atoms with Crippen molar-refractivity contribution in [2.75, 3.05) is 17.2 Å². The number of nitrogens with one attached hydrogen (secondary N) is 2. The Morgan fingerprint density at radius 2 is 1.95 bits per heavy atom. The van der Waals surface area contributed by atoms with Gasteiger partial charge < -0.3 is 16.4 Å². The van der Waals surface area contributed by atoms with E-state index in [2.05, 4.69) is 15.6 Å². The highest BCUT2D eigenvalue weighted by molar-refractivity contribution is 5.96. The van der Waals surface area contributed by atoms with Gasteiger partial charge in [-0.15, -0.1) is 0 Å². The maximum absolute atomic E-state index is 12.4. The van der Waals surface area contributed by atoms with Gasteiger partial charge in [-0.3, -0.25) is 9.59 Å². The minimum atomic E-state index is -0.543. The van der Waals surface area contributed by atoms with Crippen LogP contribution in [0, 0.1) is 11.3 Å². The molecule has 120 valence electrons. The second-order valence-corrected chi connectivity index (χ2v) is 5.84. The monoisotopic (exact) mass is 304 g/mol. The van der Waals surface area contributed by atoms with Gasteiger partial charge in [0.1, 0.15) is 5.82 Å². The van der Waals surface area contributed by atoms with Crippen molar-refractivity contribution in [3.8, 4) is 0 Å². The number of amides is 2. The minimum absolute atomic E-state index is 0.0170. The summed E-state index contributed by atoms with van der Waals surface area (Å²) in [5.41, 5.74) is 5.84. The van der Waals surface area contributed by atoms with Crippen LogP contribution in [0.25, 0.3) is 0 Å². The third-order valence-corrected chi connectivity index (χ3v) is 4.45. The average Bonchev–Trinajstić information content (AvgIpc) is 3.36. The van der Waals surface area contributed by atoms with E-state index in [-0.39, 0.29) is 17.7 Å². The lowest BCUT2D eigenvalue weighted by molar-refractivity contribution is -0.125. The first-order valence-corrected chi connectivity index (χ1v) is 7.83. The summed E-state index contributed by atoms with van der Waals surface area (Å²) in [6, 6.07) is 3.43. The predicted octanol–water partition coefficient (Wildman–Crippen LogP) is 2.13. The first-order valence-electron chi connectivity index (χ1n) is 7.83. The lowest BCUT2D eigenvalue weighted by atomic mass is 9.81. The van der Waals surface area contributed by atoms with Crippen LogP contribution in [0.1, 0.15) is 39.5 Å². The third kappa shape index (κ3) is 3.62. The number of pyridine rings is 1. The summed E-state index contributed by atoms with van der Waals surface area (Å²) in [7, 11) is 0. The number of nitrogens with two attached hydrogens (primary N) is 1. The van der Waals surface area contributed by atoms with Gasteiger partial charge in [-0.2, -0.15) is 0 Å². The molecule has 0 unspecified atom stereocenters. The summed E-state index contributed by atoms with van der Waals surface area (Å²) >= 11 is 0. The number of aromatic nitrogens is 1. The number of carbonyl (C=O) groups is 2. The fourth-order valence-corrected chi connectivity index (χ4v) is 2.33. The number of hydrogen-bond donors (Lipinski definition) is 3. The molecule has 1 heterocycles. The van der Waals surface area contributed by atoms with E-state index in [0.717, 1.165) is 12.8 Å². The molecule has 1 aromatic rings. The molecule has 1 aliphatic carbocycles. The molecule has 6 nitrogen and oxygen atoms in total. The molecule has 4 N–H and O–H groups in total. The molecule has 0 atom stereocenters. The highest BCUT2D eigenvalue weighted by Crippen LogP contribution is 2.30. The van der Waals surface area contributed by atoms with Crippen molar-refractivity contribution >= 4 is 23.3 Å². The molecule has 1 aliphatic rings. The van der Waals surface area contributed by atoms with Crippen LogP contribution in [0.3, 0.4) is 0 Å². The van der Waals surface area contributed by atoms with Crippen LogP contribution in [0.4, 0.5) is 11.5 Å². The molecule has 0 spiro atoms. The van der Waals surface area contributed by atoms with E-state index in [0.29, 0.717) is 30.9 Å². The standard InChI is InChI=1S/C16H24N4O2/c1-3-16(4-2,10-17)15(22)19-12-7-8-13(18-9-12)20-14(21)11-5-6-11/h7-9,11H,3-6,10,17H2,1-2H3,(H,19,22)(H,18,20,21). The van der Waals surface area contributed by atoms with Gasteiger partial charge in [0.05, 0.1) is 17.3 Å². The van der Waals surface area contributed by atoms with Crippen molar-refractivity contribution < 1.29 is 9.59 Å². The second kappa shape index (κ2) is 6.87. The van der Waals surface area contributed by atoms with Gasteiger partial charge in [0.25, 0.3) is 0 Å². The van der Waals surface area contributed by atoms with Crippen molar-refractivity contribution in [2.24, 2.45) is 17.1 Å². The molecule has 0 aromatic carbocycles. The van der Waals surface area contributed by atoms with E-state index in [1.54, 1.807) is 18.3 Å². The molecule has 22 heavy (non-hydrogen) atoms. The fraction of sp³-hybridized carbons (Fsp3) is 0.562. The fourth-order valence-electron chi connectivity index (χ4n) is 2.33. The van der Waals surface area contributed by atoms with Gasteiger partial charge in [-0.05, 0) is 37.8 Å². The maximum Gasteiger partial charge on any atom is 0.231 e. The lowest BCUT2D eigenvalue weighted by Gasteiger charge is -2.28. The molecule has 0 radical (unpaired) electrons. The quantitative estimate of drug-likeness (QED) is 0.719. The molecule has 0 bridgehead atoms. The first kappa shape index (κ1) is 16.4. The number of carbonyl (C=O) groups excluding carboxylic acids is 2. The summed E-state index contributed by atoms with van der Waals surface area (Å²) in [6.07, 6.45) is 4.83. The third-order valence-electron chi connectivity index (χ3n) is 4.45. The van der Waals surface area contributed by atoms with Gasteiger partial charge in [-0.1, -0.05) is 13.8 Å². The molecule has 1 aromatic heterocycles. The van der Waals surface area contributed by atoms with Crippen LogP contribution >= 0.6 is 0 Å². The van der Waals surface area contributed by atoms with Crippen LogP contribution < -0.4 is 16.4 Å². The van der Waals surface area contributed by atoms with E-state index < -0.39 is 5.41 Å². The second-order valence-electron chi connectivity index (χ2n) is 5.84. The molecule has 1 fully saturated rings. The summed E-state index contributed by atoms with van der Waals surface area (Å²) < 4.78 is 0. The number of rotatable bonds is 7. The number of hydrogen-bond acceptors (Lipinski definition) is 4. The summed E-state index contributed by atoms with van der Waals surface area (Å²) in [5.74, 6) is 0.575. The predicted molar refractivity (Wildman–Crippen MR) is 86.3 cm³/mol. The molecular weight excluding hydrogens is 280 g/mol. The number of anilines is 2. The van der Waals surface area contributed by atoms with Crippen LogP contribution in [-0.2, 0) is 9.59 Å². The van der Waals surface area contributed by atoms with E-state index in [9.17, 15) is 9.59 Å². The molecule has 2 rings (SSSR count). The van der Waals surface area contributed by atoms with Crippen molar-refractivity contribution in [3.63, 3.8) is 0 Å². The van der Waals surface area contributed by atoms with Gasteiger partial charge in [0, 0.05) is 12.5 Å². The Morgan fingerprint density at radius 1 is 1.27 bits per heavy atom. The first-order chi connectivity index (χ1) is 10.5. The van der Waals surface area contributed by atoms with Crippen molar-refractivity contribution in [1.29, 1.82) is 0 Å². The zero-order valence-electron chi connectivity index (χ0n) is 13.2. The Morgan fingerprint density at radius 3 is 2.41 bits per heavy atom. The van der Waals surface area contributed by atoms with Crippen molar-refractivity contribution in [1.82, 2.24) is 4.98 Å². The van der Waals surface area contributed by atoms with Crippen LogP contribution in [0.2, 0.25) is 0 Å². The Hall–Kier alpha value is -1.95. The van der Waals surface area contributed by atoms with E-state index >= 15 is 0 Å². The van der Waals surface area contributed by atoms with E-state index in [4.69, 9.17) is 5.73 Å². The van der Waals surface area contributed by atoms with Crippen LogP contribution in [0.15, 0.2) is 18.3 Å². The summed E-state index contributed by atoms with van der Waals surface area (Å²) in [6.45, 7) is 4.24. The Balaban J connectivity index is 1.98. The molecule has 2 amide bonds. The topological polar surface area (TPSA) is 97.1 Å². The highest BCUT2D eigenvalue weighted by atomic mass is 16.2. The Labute approximate surface area is 130 Å².